The Morgan fingerprint density at radius 1 is 1.14 bits per heavy atom. The smallest absolute Gasteiger partial charge is 0.256 e. The van der Waals surface area contributed by atoms with E-state index in [9.17, 15) is 22.8 Å². The van der Waals surface area contributed by atoms with Crippen LogP contribution in [0.15, 0.2) is 35.1 Å². The van der Waals surface area contributed by atoms with Crippen molar-refractivity contribution in [2.24, 2.45) is 0 Å². The van der Waals surface area contributed by atoms with Gasteiger partial charge in [0.25, 0.3) is 11.5 Å². The van der Waals surface area contributed by atoms with Crippen molar-refractivity contribution >= 4 is 28.3 Å². The molecule has 2 heterocycles. The van der Waals surface area contributed by atoms with Gasteiger partial charge in [-0.1, -0.05) is 17.7 Å². The van der Waals surface area contributed by atoms with Gasteiger partial charge in [0, 0.05) is 37.0 Å². The number of aromatic nitrogens is 1. The third-order valence-electron chi connectivity index (χ3n) is 5.10. The average Bonchev–Trinajstić information content (AvgIpc) is 2.70. The summed E-state index contributed by atoms with van der Waals surface area (Å²) in [6.07, 6.45) is 0. The highest BCUT2D eigenvalue weighted by Crippen LogP contribution is 2.32. The number of aromatic amines is 1. The molecule has 0 unspecified atom stereocenters. The molecule has 1 aliphatic rings. The summed E-state index contributed by atoms with van der Waals surface area (Å²) in [5.41, 5.74) is 0.595. The van der Waals surface area contributed by atoms with Crippen molar-refractivity contribution in [2.45, 2.75) is 12.6 Å². The van der Waals surface area contributed by atoms with Crippen LogP contribution in [0.1, 0.15) is 27.7 Å². The number of rotatable bonds is 2. The van der Waals surface area contributed by atoms with E-state index in [4.69, 9.17) is 11.6 Å². The monoisotopic (exact) mass is 421 g/mol. The fourth-order valence-corrected chi connectivity index (χ4v) is 3.79. The lowest BCUT2D eigenvalue weighted by atomic mass is 9.93. The van der Waals surface area contributed by atoms with Gasteiger partial charge in [0.1, 0.15) is 22.5 Å². The summed E-state index contributed by atoms with van der Waals surface area (Å²) in [4.78, 5) is 29.3. The number of pyridine rings is 1. The third kappa shape index (κ3) is 3.28. The first-order chi connectivity index (χ1) is 13.8. The van der Waals surface area contributed by atoms with E-state index >= 15 is 0 Å². The van der Waals surface area contributed by atoms with Crippen LogP contribution in [0.5, 0.6) is 0 Å². The second-order valence-electron chi connectivity index (χ2n) is 6.85. The molecule has 1 amide bonds. The Morgan fingerprint density at radius 3 is 2.52 bits per heavy atom. The zero-order chi connectivity index (χ0) is 20.9. The number of amides is 1. The largest absolute Gasteiger partial charge is 0.333 e. The molecule has 3 aromatic rings. The van der Waals surface area contributed by atoms with Crippen molar-refractivity contribution in [3.8, 4) is 0 Å². The summed E-state index contributed by atoms with van der Waals surface area (Å²) < 4.78 is 41.3. The fourth-order valence-electron chi connectivity index (χ4n) is 3.68. The lowest BCUT2D eigenvalue weighted by Crippen LogP contribution is -2.42. The van der Waals surface area contributed by atoms with E-state index in [-0.39, 0.29) is 10.9 Å². The zero-order valence-corrected chi connectivity index (χ0v) is 15.9. The maximum atomic E-state index is 13.8. The molecule has 0 aliphatic carbocycles. The van der Waals surface area contributed by atoms with Crippen molar-refractivity contribution in [2.75, 3.05) is 13.6 Å². The molecule has 2 aromatic carbocycles. The van der Waals surface area contributed by atoms with Crippen LogP contribution in [0.4, 0.5) is 13.2 Å². The molecule has 9 heteroatoms. The molecule has 0 bridgehead atoms. The van der Waals surface area contributed by atoms with Crippen LogP contribution >= 0.6 is 11.6 Å². The molecule has 4 rings (SSSR count). The van der Waals surface area contributed by atoms with E-state index in [0.29, 0.717) is 29.7 Å². The Bertz CT molecular complexity index is 1190. The second kappa shape index (κ2) is 7.20. The van der Waals surface area contributed by atoms with Crippen molar-refractivity contribution in [1.29, 1.82) is 0 Å². The summed E-state index contributed by atoms with van der Waals surface area (Å²) in [5, 5.41) is 3.11. The van der Waals surface area contributed by atoms with E-state index in [1.807, 2.05) is 0 Å². The van der Waals surface area contributed by atoms with E-state index < -0.39 is 40.0 Å². The van der Waals surface area contributed by atoms with E-state index in [1.165, 1.54) is 24.1 Å². The van der Waals surface area contributed by atoms with E-state index in [1.54, 1.807) is 0 Å². The fraction of sp³-hybridized carbons (Fsp3) is 0.200. The first kappa shape index (κ1) is 19.5. The van der Waals surface area contributed by atoms with Crippen LogP contribution in [-0.4, -0.2) is 29.4 Å². The highest BCUT2D eigenvalue weighted by Gasteiger charge is 2.30. The van der Waals surface area contributed by atoms with Gasteiger partial charge in [-0.3, -0.25) is 9.59 Å². The molecular formula is C20H15ClF3N3O2. The lowest BCUT2D eigenvalue weighted by Gasteiger charge is -2.34. The highest BCUT2D eigenvalue weighted by molar-refractivity contribution is 6.31. The molecular weight excluding hydrogens is 407 g/mol. The molecule has 0 fully saturated rings. The number of benzene rings is 2. The summed E-state index contributed by atoms with van der Waals surface area (Å²) in [7, 11) is 1.49. The van der Waals surface area contributed by atoms with Crippen LogP contribution < -0.4 is 10.9 Å². The number of carbonyl (C=O) groups is 1. The summed E-state index contributed by atoms with van der Waals surface area (Å²) in [5.74, 6) is -3.24. The summed E-state index contributed by atoms with van der Waals surface area (Å²) in [6, 6.07) is 5.07. The summed E-state index contributed by atoms with van der Waals surface area (Å²) >= 11 is 5.49. The number of nitrogens with zero attached hydrogens (tertiary/aromatic N) is 1. The predicted molar refractivity (Wildman–Crippen MR) is 102 cm³/mol. The first-order valence-corrected chi connectivity index (χ1v) is 9.12. The second-order valence-corrected chi connectivity index (χ2v) is 7.23. The number of H-pyrrole nitrogens is 1. The number of nitrogens with one attached hydrogen (secondary N) is 2. The molecule has 2 N–H and O–H groups in total. The molecule has 0 spiro atoms. The van der Waals surface area contributed by atoms with Gasteiger partial charge in [0.05, 0.1) is 11.4 Å². The molecule has 150 valence electrons. The maximum absolute atomic E-state index is 13.8. The standard InChI is InChI=1S/C20H15ClF3N3O2/c1-27(20(29)9-4-13(23)18(21)14(24)5-9)16-8-25-7-15-17(16)11-3-2-10(22)6-12(11)19(28)26-15/h2-6,16,25H,7-8H2,1H3,(H,26,28)/t16-/m1/s1. The number of likely N-dealkylation sites (N-methyl/N-ethyl adjacent to an activating group) is 1. The van der Waals surface area contributed by atoms with Gasteiger partial charge in [-0.15, -0.1) is 0 Å². The number of hydrogen-bond donors (Lipinski definition) is 2. The van der Waals surface area contributed by atoms with Crippen molar-refractivity contribution in [3.63, 3.8) is 0 Å². The topological polar surface area (TPSA) is 65.2 Å². The molecule has 5 nitrogen and oxygen atoms in total. The number of hydrogen-bond acceptors (Lipinski definition) is 3. The normalized spacial score (nSPS) is 16.0. The van der Waals surface area contributed by atoms with Crippen molar-refractivity contribution in [3.05, 3.63) is 80.0 Å². The van der Waals surface area contributed by atoms with Gasteiger partial charge < -0.3 is 15.2 Å². The van der Waals surface area contributed by atoms with Crippen molar-refractivity contribution in [1.82, 2.24) is 15.2 Å². The minimum Gasteiger partial charge on any atom is -0.333 e. The van der Waals surface area contributed by atoms with Gasteiger partial charge in [-0.2, -0.15) is 0 Å². The molecule has 0 saturated heterocycles. The van der Waals surface area contributed by atoms with Gasteiger partial charge in [-0.25, -0.2) is 13.2 Å². The Morgan fingerprint density at radius 2 is 1.83 bits per heavy atom. The van der Waals surface area contributed by atoms with Crippen LogP contribution in [0, 0.1) is 17.5 Å². The average molecular weight is 422 g/mol. The molecule has 0 saturated carbocycles. The Balaban J connectivity index is 1.82. The zero-order valence-electron chi connectivity index (χ0n) is 15.2. The predicted octanol–water partition coefficient (Wildman–Crippen LogP) is 3.52. The van der Waals surface area contributed by atoms with Crippen LogP contribution in [0.3, 0.4) is 0 Å². The minimum atomic E-state index is -1.03. The van der Waals surface area contributed by atoms with Gasteiger partial charge in [-0.05, 0) is 29.7 Å². The van der Waals surface area contributed by atoms with Crippen LogP contribution in [-0.2, 0) is 6.54 Å². The van der Waals surface area contributed by atoms with E-state index in [0.717, 1.165) is 18.2 Å². The highest BCUT2D eigenvalue weighted by atomic mass is 35.5. The van der Waals surface area contributed by atoms with E-state index in [2.05, 4.69) is 10.3 Å². The minimum absolute atomic E-state index is 0.167. The Hall–Kier alpha value is -2.84. The quantitative estimate of drug-likeness (QED) is 0.622. The number of halogens is 4. The van der Waals surface area contributed by atoms with Gasteiger partial charge in [0.2, 0.25) is 0 Å². The molecule has 29 heavy (non-hydrogen) atoms. The number of carbonyl (C=O) groups excluding carboxylic acids is 1. The summed E-state index contributed by atoms with van der Waals surface area (Å²) in [6.45, 7) is 0.701. The van der Waals surface area contributed by atoms with Gasteiger partial charge >= 0.3 is 0 Å². The third-order valence-corrected chi connectivity index (χ3v) is 5.46. The Labute approximate surface area is 168 Å². The molecule has 1 aromatic heterocycles. The lowest BCUT2D eigenvalue weighted by molar-refractivity contribution is 0.0722. The Kier molecular flexibility index (Phi) is 4.84. The van der Waals surface area contributed by atoms with Crippen molar-refractivity contribution < 1.29 is 18.0 Å². The SMILES string of the molecule is CN(C(=O)c1cc(F)c(Cl)c(F)c1)[C@@H]1CNCc2[nH]c(=O)c3cc(F)ccc3c21. The number of fused-ring (bicyclic) bond motifs is 3. The molecule has 0 radical (unpaired) electrons. The van der Waals surface area contributed by atoms with Gasteiger partial charge in [0.15, 0.2) is 0 Å². The first-order valence-electron chi connectivity index (χ1n) is 8.74. The molecule has 1 atom stereocenters. The maximum Gasteiger partial charge on any atom is 0.256 e. The van der Waals surface area contributed by atoms with Crippen LogP contribution in [0.25, 0.3) is 10.8 Å². The molecule has 1 aliphatic heterocycles. The van der Waals surface area contributed by atoms with Crippen LogP contribution in [0.2, 0.25) is 5.02 Å².